The van der Waals surface area contributed by atoms with E-state index in [4.69, 9.17) is 4.84 Å². The van der Waals surface area contributed by atoms with Crippen LogP contribution in [-0.2, 0) is 0 Å². The van der Waals surface area contributed by atoms with Gasteiger partial charge in [0.15, 0.2) is 11.1 Å². The maximum absolute atomic E-state index is 10.4. The zero-order chi connectivity index (χ0) is 12.8. The molecule has 0 saturated heterocycles. The standard InChI is InChI=1S/C16H9NO2/c18-17-19-14-9-7-12-5-4-10-2-1-3-11-6-8-13(14)16(12)15(10)11/h1-9H. The molecule has 3 heteroatoms. The minimum absolute atomic E-state index is 0.501. The van der Waals surface area contributed by atoms with Gasteiger partial charge in [0.05, 0.1) is 0 Å². The van der Waals surface area contributed by atoms with Gasteiger partial charge < -0.3 is 4.84 Å². The van der Waals surface area contributed by atoms with E-state index in [0.717, 1.165) is 16.2 Å². The summed E-state index contributed by atoms with van der Waals surface area (Å²) in [7, 11) is 0. The molecule has 90 valence electrons. The molecule has 4 rings (SSSR count). The third kappa shape index (κ3) is 1.32. The minimum atomic E-state index is 0.501. The van der Waals surface area contributed by atoms with Crippen LogP contribution in [0.3, 0.4) is 0 Å². The van der Waals surface area contributed by atoms with E-state index in [1.54, 1.807) is 6.07 Å². The van der Waals surface area contributed by atoms with Crippen LogP contribution < -0.4 is 4.84 Å². The van der Waals surface area contributed by atoms with Crippen molar-refractivity contribution in [2.75, 3.05) is 0 Å². The van der Waals surface area contributed by atoms with Gasteiger partial charge in [-0.2, -0.15) is 0 Å². The van der Waals surface area contributed by atoms with Crippen molar-refractivity contribution in [1.82, 2.24) is 0 Å². The van der Waals surface area contributed by atoms with Crippen LogP contribution in [0, 0.1) is 4.91 Å². The predicted molar refractivity (Wildman–Crippen MR) is 76.6 cm³/mol. The smallest absolute Gasteiger partial charge is 0.169 e. The summed E-state index contributed by atoms with van der Waals surface area (Å²) in [6.45, 7) is 0. The van der Waals surface area contributed by atoms with Gasteiger partial charge in [-0.3, -0.25) is 0 Å². The average Bonchev–Trinajstić information content (AvgIpc) is 2.46. The third-order valence-corrected chi connectivity index (χ3v) is 3.62. The van der Waals surface area contributed by atoms with Gasteiger partial charge in [0.2, 0.25) is 0 Å². The maximum atomic E-state index is 10.4. The highest BCUT2D eigenvalue weighted by molar-refractivity contribution is 6.24. The number of nitrogens with zero attached hydrogens (tertiary/aromatic N) is 1. The van der Waals surface area contributed by atoms with E-state index in [9.17, 15) is 4.91 Å². The molecular formula is C16H9NO2. The fourth-order valence-electron chi connectivity index (χ4n) is 2.83. The Morgan fingerprint density at radius 2 is 1.37 bits per heavy atom. The van der Waals surface area contributed by atoms with Crippen molar-refractivity contribution in [3.63, 3.8) is 0 Å². The normalized spacial score (nSPS) is 11.4. The Labute approximate surface area is 108 Å². The Kier molecular flexibility index (Phi) is 1.97. The second-order valence-corrected chi connectivity index (χ2v) is 4.59. The molecule has 0 aliphatic carbocycles. The van der Waals surface area contributed by atoms with E-state index in [2.05, 4.69) is 29.6 Å². The monoisotopic (exact) mass is 247 g/mol. The van der Waals surface area contributed by atoms with Crippen LogP contribution in [0.15, 0.2) is 59.9 Å². The van der Waals surface area contributed by atoms with Crippen LogP contribution in [0.5, 0.6) is 5.75 Å². The topological polar surface area (TPSA) is 38.7 Å². The first-order valence-corrected chi connectivity index (χ1v) is 6.05. The molecule has 0 unspecified atom stereocenters. The van der Waals surface area contributed by atoms with Gasteiger partial charge in [-0.1, -0.05) is 42.5 Å². The Morgan fingerprint density at radius 1 is 0.737 bits per heavy atom. The molecule has 4 aromatic rings. The molecule has 0 spiro atoms. The zero-order valence-corrected chi connectivity index (χ0v) is 9.96. The van der Waals surface area contributed by atoms with Gasteiger partial charge in [-0.05, 0) is 33.7 Å². The van der Waals surface area contributed by atoms with Gasteiger partial charge in [0.25, 0.3) is 0 Å². The predicted octanol–water partition coefficient (Wildman–Crippen LogP) is 4.64. The minimum Gasteiger partial charge on any atom is -0.323 e. The average molecular weight is 247 g/mol. The summed E-state index contributed by atoms with van der Waals surface area (Å²) in [6, 6.07) is 18.2. The van der Waals surface area contributed by atoms with Gasteiger partial charge in [-0.25, -0.2) is 0 Å². The van der Waals surface area contributed by atoms with Gasteiger partial charge in [-0.15, -0.1) is 4.91 Å². The van der Waals surface area contributed by atoms with E-state index in [1.165, 1.54) is 16.2 Å². The highest BCUT2D eigenvalue weighted by Gasteiger charge is 2.11. The molecule has 0 radical (unpaired) electrons. The third-order valence-electron chi connectivity index (χ3n) is 3.62. The lowest BCUT2D eigenvalue weighted by molar-refractivity contribution is 0.339. The largest absolute Gasteiger partial charge is 0.323 e. The zero-order valence-electron chi connectivity index (χ0n) is 9.96. The second-order valence-electron chi connectivity index (χ2n) is 4.59. The highest BCUT2D eigenvalue weighted by atomic mass is 16.7. The first-order valence-electron chi connectivity index (χ1n) is 6.05. The van der Waals surface area contributed by atoms with Crippen LogP contribution in [0.1, 0.15) is 0 Å². The molecule has 0 heterocycles. The molecule has 0 bridgehead atoms. The SMILES string of the molecule is O=NOc1ccc2ccc3cccc4ccc1c2c34. The number of hydrogen-bond donors (Lipinski definition) is 0. The molecule has 0 fully saturated rings. The number of rotatable bonds is 2. The fourth-order valence-corrected chi connectivity index (χ4v) is 2.83. The Hall–Kier alpha value is -2.68. The molecule has 0 amide bonds. The summed E-state index contributed by atoms with van der Waals surface area (Å²) in [6.07, 6.45) is 0. The van der Waals surface area contributed by atoms with E-state index in [1.807, 2.05) is 24.3 Å². The quantitative estimate of drug-likeness (QED) is 0.294. The van der Waals surface area contributed by atoms with Crippen molar-refractivity contribution in [2.24, 2.45) is 5.34 Å². The molecule has 0 aromatic heterocycles. The van der Waals surface area contributed by atoms with Crippen LogP contribution in [0.25, 0.3) is 32.3 Å². The lowest BCUT2D eigenvalue weighted by Crippen LogP contribution is -1.87. The van der Waals surface area contributed by atoms with Crippen LogP contribution in [0.4, 0.5) is 0 Å². The molecule has 0 aliphatic rings. The van der Waals surface area contributed by atoms with Crippen molar-refractivity contribution < 1.29 is 4.84 Å². The first kappa shape index (κ1) is 10.3. The van der Waals surface area contributed by atoms with Gasteiger partial charge >= 0.3 is 0 Å². The molecule has 0 aliphatic heterocycles. The van der Waals surface area contributed by atoms with E-state index < -0.39 is 0 Å². The Bertz CT molecular complexity index is 899. The Morgan fingerprint density at radius 3 is 2.11 bits per heavy atom. The maximum Gasteiger partial charge on any atom is 0.169 e. The summed E-state index contributed by atoms with van der Waals surface area (Å²) >= 11 is 0. The van der Waals surface area contributed by atoms with Gasteiger partial charge in [0, 0.05) is 10.8 Å². The van der Waals surface area contributed by atoms with Gasteiger partial charge in [0.1, 0.15) is 0 Å². The molecule has 0 saturated carbocycles. The lowest BCUT2D eigenvalue weighted by atomic mass is 9.94. The molecule has 4 aromatic carbocycles. The fraction of sp³-hybridized carbons (Fsp3) is 0. The summed E-state index contributed by atoms with van der Waals surface area (Å²) in [5, 5.41) is 9.29. The highest BCUT2D eigenvalue weighted by Crippen LogP contribution is 2.38. The summed E-state index contributed by atoms with van der Waals surface area (Å²) < 4.78 is 0. The van der Waals surface area contributed by atoms with Crippen molar-refractivity contribution in [1.29, 1.82) is 0 Å². The van der Waals surface area contributed by atoms with E-state index >= 15 is 0 Å². The van der Waals surface area contributed by atoms with Crippen LogP contribution >= 0.6 is 0 Å². The van der Waals surface area contributed by atoms with Crippen molar-refractivity contribution in [2.45, 2.75) is 0 Å². The van der Waals surface area contributed by atoms with E-state index in [0.29, 0.717) is 5.75 Å². The summed E-state index contributed by atoms with van der Waals surface area (Å²) in [4.78, 5) is 15.2. The summed E-state index contributed by atoms with van der Waals surface area (Å²) in [5.74, 6) is 0.501. The van der Waals surface area contributed by atoms with Crippen molar-refractivity contribution in [3.05, 3.63) is 59.5 Å². The lowest BCUT2D eigenvalue weighted by Gasteiger charge is -2.11. The first-order chi connectivity index (χ1) is 9.38. The number of hydrogen-bond acceptors (Lipinski definition) is 3. The second kappa shape index (κ2) is 3.65. The molecular weight excluding hydrogens is 238 g/mol. The van der Waals surface area contributed by atoms with Crippen LogP contribution in [-0.4, -0.2) is 0 Å². The Balaban J connectivity index is 2.31. The molecule has 3 nitrogen and oxygen atoms in total. The summed E-state index contributed by atoms with van der Waals surface area (Å²) in [5.41, 5.74) is 0. The number of benzene rings is 4. The molecule has 0 N–H and O–H groups in total. The molecule has 19 heavy (non-hydrogen) atoms. The van der Waals surface area contributed by atoms with Crippen molar-refractivity contribution in [3.8, 4) is 5.75 Å². The van der Waals surface area contributed by atoms with Crippen LogP contribution in [0.2, 0.25) is 0 Å². The van der Waals surface area contributed by atoms with E-state index in [-0.39, 0.29) is 0 Å². The molecule has 0 atom stereocenters. The van der Waals surface area contributed by atoms with Crippen molar-refractivity contribution >= 4 is 32.3 Å².